The number of halogens is 2. The Labute approximate surface area is 63.1 Å². The Bertz CT molecular complexity index is 177. The Kier molecular flexibility index (Phi) is 3.77. The molecule has 9 heavy (non-hydrogen) atoms. The topological polar surface area (TPSA) is 26.0 Å². The van der Waals surface area contributed by atoms with Gasteiger partial charge in [-0.15, -0.1) is 23.7 Å². The zero-order chi connectivity index (χ0) is 5.98. The van der Waals surface area contributed by atoms with E-state index >= 15 is 0 Å². The van der Waals surface area contributed by atoms with E-state index in [1.807, 2.05) is 0 Å². The second-order valence-corrected chi connectivity index (χ2v) is 2.40. The summed E-state index contributed by atoms with van der Waals surface area (Å²) in [5.74, 6) is -0.183. The van der Waals surface area contributed by atoms with Crippen molar-refractivity contribution in [2.75, 3.05) is 0 Å². The summed E-state index contributed by atoms with van der Waals surface area (Å²) in [7, 11) is 0. The maximum atomic E-state index is 12.3. The van der Waals surface area contributed by atoms with Crippen molar-refractivity contribution in [1.82, 2.24) is 0 Å². The molecule has 0 unspecified atom stereocenters. The van der Waals surface area contributed by atoms with Gasteiger partial charge in [0.1, 0.15) is 5.82 Å². The van der Waals surface area contributed by atoms with E-state index in [1.165, 1.54) is 17.4 Å². The van der Waals surface area contributed by atoms with Crippen molar-refractivity contribution in [1.29, 1.82) is 0 Å². The Morgan fingerprint density at radius 1 is 1.67 bits per heavy atom. The van der Waals surface area contributed by atoms with Crippen molar-refractivity contribution in [2.24, 2.45) is 5.73 Å². The molecule has 0 spiro atoms. The van der Waals surface area contributed by atoms with E-state index < -0.39 is 0 Å². The predicted octanol–water partition coefficient (Wildman–Crippen LogP) is 1.77. The lowest BCUT2D eigenvalue weighted by molar-refractivity contribution is 0.619. The Hall–Kier alpha value is -0.120. The van der Waals surface area contributed by atoms with Gasteiger partial charge < -0.3 is 5.73 Å². The zero-order valence-corrected chi connectivity index (χ0v) is 6.27. The zero-order valence-electron chi connectivity index (χ0n) is 4.63. The Morgan fingerprint density at radius 3 is 2.56 bits per heavy atom. The van der Waals surface area contributed by atoms with Crippen LogP contribution in [-0.2, 0) is 6.54 Å². The summed E-state index contributed by atoms with van der Waals surface area (Å²) in [4.78, 5) is 0.630. The fourth-order valence-corrected chi connectivity index (χ4v) is 1.10. The lowest BCUT2D eigenvalue weighted by Crippen LogP contribution is -1.94. The Morgan fingerprint density at radius 2 is 2.33 bits per heavy atom. The van der Waals surface area contributed by atoms with Crippen LogP contribution in [0.2, 0.25) is 0 Å². The van der Waals surface area contributed by atoms with Gasteiger partial charge in [0.25, 0.3) is 0 Å². The minimum Gasteiger partial charge on any atom is -0.326 e. The minimum atomic E-state index is -0.183. The van der Waals surface area contributed by atoms with Gasteiger partial charge in [0.2, 0.25) is 0 Å². The first-order valence-electron chi connectivity index (χ1n) is 2.26. The summed E-state index contributed by atoms with van der Waals surface area (Å²) in [6.07, 6.45) is 0. The van der Waals surface area contributed by atoms with Crippen LogP contribution in [0.15, 0.2) is 11.4 Å². The van der Waals surface area contributed by atoms with Crippen molar-refractivity contribution in [3.05, 3.63) is 22.1 Å². The quantitative estimate of drug-likeness (QED) is 0.678. The number of thiophene rings is 1. The molecular formula is C5H7ClFNS. The van der Waals surface area contributed by atoms with E-state index in [0.29, 0.717) is 11.4 Å². The maximum absolute atomic E-state index is 12.3. The van der Waals surface area contributed by atoms with Crippen LogP contribution in [-0.4, -0.2) is 0 Å². The molecule has 0 aliphatic carbocycles. The molecule has 0 saturated carbocycles. The van der Waals surface area contributed by atoms with Gasteiger partial charge >= 0.3 is 0 Å². The molecule has 1 nitrogen and oxygen atoms in total. The first kappa shape index (κ1) is 8.88. The van der Waals surface area contributed by atoms with Crippen molar-refractivity contribution >= 4 is 23.7 Å². The maximum Gasteiger partial charge on any atom is 0.138 e. The van der Waals surface area contributed by atoms with E-state index in [2.05, 4.69) is 0 Å². The fraction of sp³-hybridized carbons (Fsp3) is 0.200. The summed E-state index contributed by atoms with van der Waals surface area (Å²) in [5, 5.41) is 1.69. The molecule has 4 heteroatoms. The van der Waals surface area contributed by atoms with Crippen LogP contribution in [0, 0.1) is 5.82 Å². The highest BCUT2D eigenvalue weighted by Crippen LogP contribution is 2.12. The molecule has 0 fully saturated rings. The molecule has 0 aliphatic heterocycles. The molecular weight excluding hydrogens is 161 g/mol. The average molecular weight is 168 g/mol. The highest BCUT2D eigenvalue weighted by Gasteiger charge is 1.97. The van der Waals surface area contributed by atoms with Gasteiger partial charge in [0.15, 0.2) is 0 Å². The molecule has 2 N–H and O–H groups in total. The van der Waals surface area contributed by atoms with Gasteiger partial charge in [0, 0.05) is 6.54 Å². The number of nitrogens with two attached hydrogens (primary N) is 1. The molecule has 0 aromatic carbocycles. The van der Waals surface area contributed by atoms with Crippen LogP contribution in [0.25, 0.3) is 0 Å². The largest absolute Gasteiger partial charge is 0.326 e. The minimum absolute atomic E-state index is 0. The van der Waals surface area contributed by atoms with Crippen molar-refractivity contribution in [3.63, 3.8) is 0 Å². The molecule has 0 saturated heterocycles. The SMILES string of the molecule is Cl.NCc1sccc1F. The average Bonchev–Trinajstić information content (AvgIpc) is 2.14. The molecule has 1 aromatic rings. The standard InChI is InChI=1S/C5H6FNS.ClH/c6-4-1-2-8-5(4)3-7;/h1-2H,3,7H2;1H. The lowest BCUT2D eigenvalue weighted by atomic mass is 10.4. The molecule has 52 valence electrons. The van der Waals surface area contributed by atoms with Crippen LogP contribution < -0.4 is 5.73 Å². The predicted molar refractivity (Wildman–Crippen MR) is 39.4 cm³/mol. The summed E-state index contributed by atoms with van der Waals surface area (Å²) < 4.78 is 12.3. The number of rotatable bonds is 1. The molecule has 1 rings (SSSR count). The van der Waals surface area contributed by atoms with Gasteiger partial charge in [0.05, 0.1) is 4.88 Å². The normalized spacial score (nSPS) is 8.67. The van der Waals surface area contributed by atoms with E-state index in [9.17, 15) is 4.39 Å². The molecule has 0 amide bonds. The van der Waals surface area contributed by atoms with Gasteiger partial charge in [-0.3, -0.25) is 0 Å². The third kappa shape index (κ3) is 1.93. The van der Waals surface area contributed by atoms with Crippen molar-refractivity contribution in [3.8, 4) is 0 Å². The second-order valence-electron chi connectivity index (χ2n) is 1.40. The van der Waals surface area contributed by atoms with Gasteiger partial charge in [-0.1, -0.05) is 0 Å². The van der Waals surface area contributed by atoms with Crippen LogP contribution in [0.3, 0.4) is 0 Å². The van der Waals surface area contributed by atoms with Crippen LogP contribution in [0.1, 0.15) is 4.88 Å². The molecule has 0 bridgehead atoms. The second kappa shape index (κ2) is 3.82. The molecule has 1 aromatic heterocycles. The summed E-state index contributed by atoms with van der Waals surface area (Å²) in [5.41, 5.74) is 5.17. The highest BCUT2D eigenvalue weighted by atomic mass is 35.5. The van der Waals surface area contributed by atoms with E-state index in [-0.39, 0.29) is 18.2 Å². The number of hydrogen-bond donors (Lipinski definition) is 1. The summed E-state index contributed by atoms with van der Waals surface area (Å²) in [6, 6.07) is 1.42. The molecule has 0 radical (unpaired) electrons. The third-order valence-electron chi connectivity index (χ3n) is 0.876. The molecule has 0 aliphatic rings. The monoisotopic (exact) mass is 167 g/mol. The molecule has 1 heterocycles. The van der Waals surface area contributed by atoms with Crippen LogP contribution in [0.4, 0.5) is 4.39 Å². The summed E-state index contributed by atoms with van der Waals surface area (Å²) >= 11 is 1.35. The van der Waals surface area contributed by atoms with Gasteiger partial charge in [-0.05, 0) is 11.4 Å². The van der Waals surface area contributed by atoms with Gasteiger partial charge in [-0.25, -0.2) is 4.39 Å². The fourth-order valence-electron chi connectivity index (χ4n) is 0.471. The van der Waals surface area contributed by atoms with Crippen LogP contribution in [0.5, 0.6) is 0 Å². The van der Waals surface area contributed by atoms with Gasteiger partial charge in [-0.2, -0.15) is 0 Å². The first-order valence-corrected chi connectivity index (χ1v) is 3.14. The van der Waals surface area contributed by atoms with Crippen LogP contribution >= 0.6 is 23.7 Å². The third-order valence-corrected chi connectivity index (χ3v) is 1.79. The smallest absolute Gasteiger partial charge is 0.138 e. The van der Waals surface area contributed by atoms with E-state index in [1.54, 1.807) is 5.38 Å². The van der Waals surface area contributed by atoms with Crippen molar-refractivity contribution < 1.29 is 4.39 Å². The Balaban J connectivity index is 0.000000640. The summed E-state index contributed by atoms with van der Waals surface area (Å²) in [6.45, 7) is 0.309. The lowest BCUT2D eigenvalue weighted by Gasteiger charge is -1.84. The highest BCUT2D eigenvalue weighted by molar-refractivity contribution is 7.09. The first-order chi connectivity index (χ1) is 3.84. The van der Waals surface area contributed by atoms with E-state index in [4.69, 9.17) is 5.73 Å². The van der Waals surface area contributed by atoms with E-state index in [0.717, 1.165) is 0 Å². The number of hydrogen-bond acceptors (Lipinski definition) is 2. The molecule has 0 atom stereocenters. The van der Waals surface area contributed by atoms with Crippen molar-refractivity contribution in [2.45, 2.75) is 6.54 Å².